The number of anilines is 1. The first-order chi connectivity index (χ1) is 18.6. The lowest BCUT2D eigenvalue weighted by molar-refractivity contribution is -0.139. The Labute approximate surface area is 233 Å². The fraction of sp³-hybridized carbons (Fsp3) is 0.286. The van der Waals surface area contributed by atoms with Gasteiger partial charge in [-0.15, -0.1) is 0 Å². The van der Waals surface area contributed by atoms with Crippen molar-refractivity contribution in [3.8, 4) is 5.75 Å². The molecule has 0 aliphatic carbocycles. The molecule has 3 aromatic carbocycles. The van der Waals surface area contributed by atoms with Gasteiger partial charge in [0, 0.05) is 13.1 Å². The van der Waals surface area contributed by atoms with E-state index in [0.717, 1.165) is 16.4 Å². The number of halogens is 2. The van der Waals surface area contributed by atoms with Gasteiger partial charge in [-0.1, -0.05) is 48.9 Å². The van der Waals surface area contributed by atoms with Crippen LogP contribution in [0.2, 0.25) is 5.02 Å². The summed E-state index contributed by atoms with van der Waals surface area (Å²) in [5.74, 6) is -1.12. The standard InChI is InChI=1S/C28H31ClFN3O5S/c1-4-16-31-28(35)20(2)32(18-21-10-13-23(38-3)14-11-21)27(34)19-33(22-12-15-26(30)25(29)17-22)39(36,37)24-8-6-5-7-9-24/h5-15,17,20H,4,16,18-19H2,1-3H3,(H,31,35)/t20-/m1/s1. The second-order valence-corrected chi connectivity index (χ2v) is 11.0. The average molecular weight is 576 g/mol. The molecule has 1 N–H and O–H groups in total. The van der Waals surface area contributed by atoms with Crippen molar-refractivity contribution in [1.82, 2.24) is 10.2 Å². The topological polar surface area (TPSA) is 96.0 Å². The summed E-state index contributed by atoms with van der Waals surface area (Å²) in [4.78, 5) is 27.9. The molecule has 0 saturated heterocycles. The molecule has 0 aliphatic heterocycles. The van der Waals surface area contributed by atoms with E-state index in [0.29, 0.717) is 24.3 Å². The first-order valence-electron chi connectivity index (χ1n) is 12.3. The maximum atomic E-state index is 13.9. The van der Waals surface area contributed by atoms with E-state index in [-0.39, 0.29) is 28.1 Å². The number of nitrogens with one attached hydrogen (secondary N) is 1. The Balaban J connectivity index is 2.02. The van der Waals surface area contributed by atoms with Crippen LogP contribution in [-0.4, -0.2) is 51.4 Å². The minimum Gasteiger partial charge on any atom is -0.497 e. The van der Waals surface area contributed by atoms with Gasteiger partial charge in [0.1, 0.15) is 24.2 Å². The van der Waals surface area contributed by atoms with Gasteiger partial charge in [0.15, 0.2) is 0 Å². The predicted octanol–water partition coefficient (Wildman–Crippen LogP) is 4.63. The van der Waals surface area contributed by atoms with Gasteiger partial charge in [-0.25, -0.2) is 12.8 Å². The Kier molecular flexibility index (Phi) is 10.3. The van der Waals surface area contributed by atoms with Gasteiger partial charge in [0.05, 0.1) is 22.7 Å². The number of carbonyl (C=O) groups excluding carboxylic acids is 2. The summed E-state index contributed by atoms with van der Waals surface area (Å²) in [6.07, 6.45) is 0.708. The van der Waals surface area contributed by atoms with Crippen molar-refractivity contribution in [2.75, 3.05) is 24.5 Å². The van der Waals surface area contributed by atoms with Crippen molar-refractivity contribution in [3.63, 3.8) is 0 Å². The average Bonchev–Trinajstić information content (AvgIpc) is 2.95. The number of amides is 2. The molecule has 0 aliphatic rings. The number of nitrogens with zero attached hydrogens (tertiary/aromatic N) is 2. The van der Waals surface area contributed by atoms with E-state index >= 15 is 0 Å². The van der Waals surface area contributed by atoms with Crippen LogP contribution in [0.1, 0.15) is 25.8 Å². The minimum atomic E-state index is -4.27. The van der Waals surface area contributed by atoms with Gasteiger partial charge in [-0.2, -0.15) is 0 Å². The normalized spacial score (nSPS) is 11.9. The Hall–Kier alpha value is -3.63. The molecule has 3 rings (SSSR count). The lowest BCUT2D eigenvalue weighted by Crippen LogP contribution is -2.51. The molecule has 208 valence electrons. The predicted molar refractivity (Wildman–Crippen MR) is 149 cm³/mol. The zero-order chi connectivity index (χ0) is 28.6. The number of ether oxygens (including phenoxy) is 1. The molecule has 8 nitrogen and oxygen atoms in total. The summed E-state index contributed by atoms with van der Waals surface area (Å²) in [5.41, 5.74) is 0.715. The second kappa shape index (κ2) is 13.4. The number of methoxy groups -OCH3 is 1. The van der Waals surface area contributed by atoms with Gasteiger partial charge in [-0.05, 0) is 61.4 Å². The first kappa shape index (κ1) is 29.9. The van der Waals surface area contributed by atoms with E-state index < -0.39 is 34.3 Å². The third-order valence-corrected chi connectivity index (χ3v) is 8.11. The fourth-order valence-corrected chi connectivity index (χ4v) is 5.40. The van der Waals surface area contributed by atoms with Crippen LogP contribution < -0.4 is 14.4 Å². The summed E-state index contributed by atoms with van der Waals surface area (Å²) in [6.45, 7) is 3.30. The van der Waals surface area contributed by atoms with Crippen molar-refractivity contribution in [3.05, 3.63) is 89.2 Å². The van der Waals surface area contributed by atoms with Gasteiger partial charge in [0.2, 0.25) is 11.8 Å². The molecular formula is C28H31ClFN3O5S. The van der Waals surface area contributed by atoms with Crippen molar-refractivity contribution in [1.29, 1.82) is 0 Å². The molecule has 0 radical (unpaired) electrons. The number of sulfonamides is 1. The maximum Gasteiger partial charge on any atom is 0.264 e. The maximum absolute atomic E-state index is 13.9. The van der Waals surface area contributed by atoms with Crippen molar-refractivity contribution < 1.29 is 27.1 Å². The monoisotopic (exact) mass is 575 g/mol. The molecule has 0 saturated carbocycles. The van der Waals surface area contributed by atoms with Crippen LogP contribution in [0.15, 0.2) is 77.7 Å². The van der Waals surface area contributed by atoms with E-state index in [1.165, 1.54) is 30.2 Å². The van der Waals surface area contributed by atoms with E-state index in [4.69, 9.17) is 16.3 Å². The van der Waals surface area contributed by atoms with E-state index in [9.17, 15) is 22.4 Å². The van der Waals surface area contributed by atoms with E-state index in [1.807, 2.05) is 6.92 Å². The summed E-state index contributed by atoms with van der Waals surface area (Å²) >= 11 is 5.97. The highest BCUT2D eigenvalue weighted by Crippen LogP contribution is 2.28. The third kappa shape index (κ3) is 7.48. The molecule has 1 atom stereocenters. The van der Waals surface area contributed by atoms with Crippen molar-refractivity contribution in [2.45, 2.75) is 37.8 Å². The van der Waals surface area contributed by atoms with Gasteiger partial charge >= 0.3 is 0 Å². The summed E-state index contributed by atoms with van der Waals surface area (Å²) < 4.78 is 47.4. The molecule has 39 heavy (non-hydrogen) atoms. The molecule has 0 bridgehead atoms. The lowest BCUT2D eigenvalue weighted by atomic mass is 10.1. The molecule has 0 aromatic heterocycles. The van der Waals surface area contributed by atoms with E-state index in [1.54, 1.807) is 49.4 Å². The van der Waals surface area contributed by atoms with E-state index in [2.05, 4.69) is 5.32 Å². The highest BCUT2D eigenvalue weighted by molar-refractivity contribution is 7.92. The van der Waals surface area contributed by atoms with Crippen LogP contribution in [0.3, 0.4) is 0 Å². The summed E-state index contributed by atoms with van der Waals surface area (Å²) in [6, 6.07) is 17.0. The number of rotatable bonds is 12. The largest absolute Gasteiger partial charge is 0.497 e. The van der Waals surface area contributed by atoms with Crippen LogP contribution in [0, 0.1) is 5.82 Å². The third-order valence-electron chi connectivity index (χ3n) is 6.03. The molecule has 2 amide bonds. The number of carbonyl (C=O) groups is 2. The van der Waals surface area contributed by atoms with Crippen LogP contribution >= 0.6 is 11.6 Å². The minimum absolute atomic E-state index is 0.00564. The fourth-order valence-electron chi connectivity index (χ4n) is 3.79. The Morgan fingerprint density at radius 2 is 1.72 bits per heavy atom. The summed E-state index contributed by atoms with van der Waals surface area (Å²) in [7, 11) is -2.73. The van der Waals surface area contributed by atoms with Crippen molar-refractivity contribution in [2.24, 2.45) is 0 Å². The number of benzene rings is 3. The molecule has 3 aromatic rings. The summed E-state index contributed by atoms with van der Waals surface area (Å²) in [5, 5.41) is 2.49. The van der Waals surface area contributed by atoms with Gasteiger partial charge in [0.25, 0.3) is 10.0 Å². The van der Waals surface area contributed by atoms with Gasteiger partial charge < -0.3 is 15.0 Å². The number of hydrogen-bond acceptors (Lipinski definition) is 5. The Morgan fingerprint density at radius 3 is 2.31 bits per heavy atom. The van der Waals surface area contributed by atoms with Crippen LogP contribution in [0.5, 0.6) is 5.75 Å². The smallest absolute Gasteiger partial charge is 0.264 e. The zero-order valence-corrected chi connectivity index (χ0v) is 23.5. The zero-order valence-electron chi connectivity index (χ0n) is 21.9. The molecule has 0 heterocycles. The molecule has 11 heteroatoms. The SMILES string of the molecule is CCCNC(=O)[C@@H](C)N(Cc1ccc(OC)cc1)C(=O)CN(c1ccc(F)c(Cl)c1)S(=O)(=O)c1ccccc1. The molecule has 0 fully saturated rings. The Bertz CT molecular complexity index is 1390. The molecule has 0 unspecified atom stereocenters. The van der Waals surface area contributed by atoms with Crippen LogP contribution in [-0.2, 0) is 26.2 Å². The van der Waals surface area contributed by atoms with Crippen LogP contribution in [0.4, 0.5) is 10.1 Å². The first-order valence-corrected chi connectivity index (χ1v) is 14.1. The van der Waals surface area contributed by atoms with Crippen molar-refractivity contribution >= 4 is 39.1 Å². The lowest BCUT2D eigenvalue weighted by Gasteiger charge is -2.32. The highest BCUT2D eigenvalue weighted by atomic mass is 35.5. The quantitative estimate of drug-likeness (QED) is 0.340. The molecule has 0 spiro atoms. The highest BCUT2D eigenvalue weighted by Gasteiger charge is 2.32. The van der Waals surface area contributed by atoms with Crippen LogP contribution in [0.25, 0.3) is 0 Å². The molecular weight excluding hydrogens is 545 g/mol. The number of hydrogen-bond donors (Lipinski definition) is 1. The van der Waals surface area contributed by atoms with Gasteiger partial charge in [-0.3, -0.25) is 13.9 Å². The second-order valence-electron chi connectivity index (χ2n) is 8.76. The Morgan fingerprint density at radius 1 is 1.05 bits per heavy atom.